The number of methoxy groups -OCH3 is 1. The Bertz CT molecular complexity index is 422. The molecule has 0 aliphatic carbocycles. The van der Waals surface area contributed by atoms with Crippen LogP contribution < -0.4 is 10.1 Å². The van der Waals surface area contributed by atoms with Crippen molar-refractivity contribution in [2.45, 2.75) is 12.5 Å². The zero-order valence-electron chi connectivity index (χ0n) is 10.7. The van der Waals surface area contributed by atoms with E-state index in [0.717, 1.165) is 0 Å². The van der Waals surface area contributed by atoms with Crippen molar-refractivity contribution in [1.82, 2.24) is 10.2 Å². The topological polar surface area (TPSA) is 24.5 Å². The van der Waals surface area contributed by atoms with Gasteiger partial charge < -0.3 is 10.1 Å². The lowest BCUT2D eigenvalue weighted by molar-refractivity contribution is 0.0168. The summed E-state index contributed by atoms with van der Waals surface area (Å²) in [5, 5.41) is 3.11. The number of halogens is 3. The van der Waals surface area contributed by atoms with Gasteiger partial charge in [0.05, 0.1) is 7.11 Å². The minimum absolute atomic E-state index is 0.0914. The van der Waals surface area contributed by atoms with Crippen LogP contribution in [-0.2, 0) is 0 Å². The Morgan fingerprint density at radius 1 is 1.26 bits per heavy atom. The van der Waals surface area contributed by atoms with Gasteiger partial charge in [0.1, 0.15) is 6.04 Å². The first-order valence-corrected chi connectivity index (χ1v) is 6.20. The van der Waals surface area contributed by atoms with Crippen LogP contribution in [0.3, 0.4) is 0 Å². The Morgan fingerprint density at radius 2 is 1.95 bits per heavy atom. The van der Waals surface area contributed by atoms with E-state index in [0.29, 0.717) is 26.2 Å². The van der Waals surface area contributed by atoms with E-state index in [1.54, 1.807) is 4.90 Å². The highest BCUT2D eigenvalue weighted by atomic mass is 19.3. The lowest BCUT2D eigenvalue weighted by atomic mass is 10.0. The molecule has 19 heavy (non-hydrogen) atoms. The number of hydrogen-bond donors (Lipinski definition) is 1. The second kappa shape index (κ2) is 6.25. The fourth-order valence-corrected chi connectivity index (χ4v) is 2.43. The minimum atomic E-state index is -2.59. The molecule has 3 nitrogen and oxygen atoms in total. The van der Waals surface area contributed by atoms with Crippen LogP contribution in [0.15, 0.2) is 18.2 Å². The van der Waals surface area contributed by atoms with Gasteiger partial charge in [0.2, 0.25) is 0 Å². The summed E-state index contributed by atoms with van der Waals surface area (Å²) in [5.74, 6) is -0.702. The molecule has 0 radical (unpaired) electrons. The summed E-state index contributed by atoms with van der Waals surface area (Å²) in [6.45, 7) is 2.32. The SMILES string of the molecule is COc1c(F)cccc1[C@@H](C(F)F)N1CCNCC1. The number of ether oxygens (including phenoxy) is 1. The number of nitrogens with one attached hydrogen (secondary N) is 1. The maximum atomic E-state index is 13.6. The monoisotopic (exact) mass is 274 g/mol. The molecule has 0 spiro atoms. The third-order valence-corrected chi connectivity index (χ3v) is 3.30. The van der Waals surface area contributed by atoms with E-state index < -0.39 is 18.3 Å². The Hall–Kier alpha value is -1.27. The summed E-state index contributed by atoms with van der Waals surface area (Å²) >= 11 is 0. The number of nitrogens with zero attached hydrogens (tertiary/aromatic N) is 1. The van der Waals surface area contributed by atoms with E-state index in [2.05, 4.69) is 5.32 Å². The number of para-hydroxylation sites is 1. The van der Waals surface area contributed by atoms with Crippen LogP contribution in [0.2, 0.25) is 0 Å². The number of benzene rings is 1. The molecule has 1 N–H and O–H groups in total. The number of hydrogen-bond acceptors (Lipinski definition) is 3. The van der Waals surface area contributed by atoms with Crippen molar-refractivity contribution in [3.8, 4) is 5.75 Å². The summed E-state index contributed by atoms with van der Waals surface area (Å²) in [6.07, 6.45) is -2.59. The van der Waals surface area contributed by atoms with Gasteiger partial charge in [0.15, 0.2) is 11.6 Å². The maximum absolute atomic E-state index is 13.6. The zero-order chi connectivity index (χ0) is 13.8. The van der Waals surface area contributed by atoms with E-state index in [-0.39, 0.29) is 11.3 Å². The summed E-state index contributed by atoms with van der Waals surface area (Å²) in [6, 6.07) is 3.02. The lowest BCUT2D eigenvalue weighted by Crippen LogP contribution is -2.47. The standard InChI is InChI=1S/C13H17F3N2O/c1-19-12-9(3-2-4-10(12)14)11(13(15)16)18-7-5-17-6-8-18/h2-4,11,13,17H,5-8H2,1H3/t11-/m0/s1. The van der Waals surface area contributed by atoms with Crippen molar-refractivity contribution < 1.29 is 17.9 Å². The van der Waals surface area contributed by atoms with Crippen LogP contribution in [0.1, 0.15) is 11.6 Å². The Kier molecular flexibility index (Phi) is 4.66. The van der Waals surface area contributed by atoms with Crippen molar-refractivity contribution in [3.05, 3.63) is 29.6 Å². The zero-order valence-corrected chi connectivity index (χ0v) is 10.7. The van der Waals surface area contributed by atoms with Gasteiger partial charge in [-0.25, -0.2) is 13.2 Å². The average molecular weight is 274 g/mol. The molecule has 0 bridgehead atoms. The fourth-order valence-electron chi connectivity index (χ4n) is 2.43. The molecule has 6 heteroatoms. The minimum Gasteiger partial charge on any atom is -0.493 e. The molecule has 1 aliphatic heterocycles. The Balaban J connectivity index is 2.35. The average Bonchev–Trinajstić information content (AvgIpc) is 2.40. The quantitative estimate of drug-likeness (QED) is 0.909. The van der Waals surface area contributed by atoms with Crippen molar-refractivity contribution >= 4 is 0 Å². The molecule has 1 atom stereocenters. The Morgan fingerprint density at radius 3 is 2.53 bits per heavy atom. The predicted molar refractivity (Wildman–Crippen MR) is 66.1 cm³/mol. The molecule has 1 aromatic carbocycles. The van der Waals surface area contributed by atoms with Crippen LogP contribution >= 0.6 is 0 Å². The van der Waals surface area contributed by atoms with Gasteiger partial charge in [-0.1, -0.05) is 12.1 Å². The van der Waals surface area contributed by atoms with E-state index >= 15 is 0 Å². The molecule has 1 fully saturated rings. The van der Waals surface area contributed by atoms with Crippen molar-refractivity contribution in [2.75, 3.05) is 33.3 Å². The van der Waals surface area contributed by atoms with E-state index in [1.807, 2.05) is 0 Å². The molecule has 106 valence electrons. The van der Waals surface area contributed by atoms with Gasteiger partial charge in [-0.3, -0.25) is 4.90 Å². The maximum Gasteiger partial charge on any atom is 0.258 e. The first-order valence-electron chi connectivity index (χ1n) is 6.20. The van der Waals surface area contributed by atoms with Gasteiger partial charge in [-0.2, -0.15) is 0 Å². The van der Waals surface area contributed by atoms with Crippen LogP contribution in [0, 0.1) is 5.82 Å². The van der Waals surface area contributed by atoms with Crippen LogP contribution in [0.5, 0.6) is 5.75 Å². The molecule has 0 aromatic heterocycles. The van der Waals surface area contributed by atoms with Gasteiger partial charge in [-0.05, 0) is 6.07 Å². The molecule has 1 saturated heterocycles. The fraction of sp³-hybridized carbons (Fsp3) is 0.538. The summed E-state index contributed by atoms with van der Waals surface area (Å²) in [7, 11) is 1.29. The van der Waals surface area contributed by atoms with E-state index in [9.17, 15) is 13.2 Å². The van der Waals surface area contributed by atoms with Gasteiger partial charge in [-0.15, -0.1) is 0 Å². The van der Waals surface area contributed by atoms with Crippen LogP contribution in [0.4, 0.5) is 13.2 Å². The largest absolute Gasteiger partial charge is 0.493 e. The predicted octanol–water partition coefficient (Wildman–Crippen LogP) is 2.05. The van der Waals surface area contributed by atoms with Gasteiger partial charge in [0, 0.05) is 31.7 Å². The molecule has 1 aliphatic rings. The first-order chi connectivity index (χ1) is 9.15. The van der Waals surface area contributed by atoms with E-state index in [4.69, 9.17) is 4.74 Å². The molecule has 0 saturated carbocycles. The Labute approximate surface area is 110 Å². The molecule has 1 aromatic rings. The number of alkyl halides is 2. The molecular weight excluding hydrogens is 257 g/mol. The first kappa shape index (κ1) is 14.1. The lowest BCUT2D eigenvalue weighted by Gasteiger charge is -2.35. The summed E-state index contributed by atoms with van der Waals surface area (Å²) in [5.41, 5.74) is 0.208. The molecular formula is C13H17F3N2O. The third kappa shape index (κ3) is 3.01. The van der Waals surface area contributed by atoms with E-state index in [1.165, 1.54) is 25.3 Å². The van der Waals surface area contributed by atoms with Gasteiger partial charge in [0.25, 0.3) is 6.43 Å². The second-order valence-corrected chi connectivity index (χ2v) is 4.43. The van der Waals surface area contributed by atoms with Crippen LogP contribution in [0.25, 0.3) is 0 Å². The smallest absolute Gasteiger partial charge is 0.258 e. The molecule has 0 unspecified atom stereocenters. The number of piperazine rings is 1. The normalized spacial score (nSPS) is 18.6. The highest BCUT2D eigenvalue weighted by Gasteiger charge is 2.33. The number of rotatable bonds is 4. The highest BCUT2D eigenvalue weighted by Crippen LogP contribution is 2.35. The molecule has 2 rings (SSSR count). The third-order valence-electron chi connectivity index (χ3n) is 3.30. The second-order valence-electron chi connectivity index (χ2n) is 4.43. The molecule has 1 heterocycles. The van der Waals surface area contributed by atoms with Crippen LogP contribution in [-0.4, -0.2) is 44.6 Å². The van der Waals surface area contributed by atoms with Crippen molar-refractivity contribution in [2.24, 2.45) is 0 Å². The highest BCUT2D eigenvalue weighted by molar-refractivity contribution is 5.38. The summed E-state index contributed by atoms with van der Waals surface area (Å²) < 4.78 is 45.3. The van der Waals surface area contributed by atoms with Crippen molar-refractivity contribution in [3.63, 3.8) is 0 Å². The molecule has 0 amide bonds. The summed E-state index contributed by atoms with van der Waals surface area (Å²) in [4.78, 5) is 1.67. The van der Waals surface area contributed by atoms with Crippen molar-refractivity contribution in [1.29, 1.82) is 0 Å². The van der Waals surface area contributed by atoms with Gasteiger partial charge >= 0.3 is 0 Å².